The van der Waals surface area contributed by atoms with E-state index >= 15 is 0 Å². The van der Waals surface area contributed by atoms with E-state index in [2.05, 4.69) is 34.7 Å². The molecule has 0 heterocycles. The number of anilines is 1. The quantitative estimate of drug-likeness (QED) is 0.397. The van der Waals surface area contributed by atoms with Crippen LogP contribution in [-0.2, 0) is 0 Å². The molecule has 6 nitrogen and oxygen atoms in total. The molecule has 0 radical (unpaired) electrons. The van der Waals surface area contributed by atoms with E-state index in [4.69, 9.17) is 12.2 Å². The average molecular weight is 475 g/mol. The van der Waals surface area contributed by atoms with E-state index in [1.165, 1.54) is 0 Å². The highest BCUT2D eigenvalue weighted by molar-refractivity contribution is 7.80. The number of carbonyl (C=O) groups is 2. The number of benzene rings is 3. The maximum Gasteiger partial charge on any atom is 0.257 e. The van der Waals surface area contributed by atoms with Crippen LogP contribution in [0.3, 0.4) is 0 Å². The molecule has 0 atom stereocenters. The monoisotopic (exact) mass is 474 g/mol. The zero-order chi connectivity index (χ0) is 24.3. The maximum atomic E-state index is 12.5. The predicted molar refractivity (Wildman–Crippen MR) is 142 cm³/mol. The Bertz CT molecular complexity index is 1100. The molecule has 7 heteroatoms. The highest BCUT2D eigenvalue weighted by atomic mass is 32.1. The molecule has 0 saturated carbocycles. The molecule has 0 saturated heterocycles. The van der Waals surface area contributed by atoms with Crippen molar-refractivity contribution in [2.24, 2.45) is 0 Å². The number of likely N-dealkylation sites (N-methyl/N-ethyl adjacent to an activating group) is 1. The summed E-state index contributed by atoms with van der Waals surface area (Å²) in [7, 11) is 0. The fraction of sp³-hybridized carbons (Fsp3) is 0.222. The number of nitrogens with one attached hydrogen (secondary N) is 3. The van der Waals surface area contributed by atoms with E-state index in [-0.39, 0.29) is 16.9 Å². The van der Waals surface area contributed by atoms with Crippen LogP contribution in [0, 0.1) is 0 Å². The molecule has 0 aliphatic carbocycles. The van der Waals surface area contributed by atoms with Gasteiger partial charge in [-0.3, -0.25) is 14.9 Å². The Kier molecular flexibility index (Phi) is 9.31. The lowest BCUT2D eigenvalue weighted by molar-refractivity contribution is 0.0947. The first-order valence-corrected chi connectivity index (χ1v) is 11.8. The van der Waals surface area contributed by atoms with Crippen molar-refractivity contribution >= 4 is 34.8 Å². The van der Waals surface area contributed by atoms with Gasteiger partial charge in [0.2, 0.25) is 0 Å². The number of rotatable bonds is 9. The third-order valence-corrected chi connectivity index (χ3v) is 5.70. The lowest BCUT2D eigenvalue weighted by atomic mass is 10.0. The first-order valence-electron chi connectivity index (χ1n) is 11.4. The zero-order valence-corrected chi connectivity index (χ0v) is 20.3. The Hall–Kier alpha value is -3.55. The van der Waals surface area contributed by atoms with Gasteiger partial charge in [0.1, 0.15) is 0 Å². The van der Waals surface area contributed by atoms with Gasteiger partial charge in [0.25, 0.3) is 11.8 Å². The van der Waals surface area contributed by atoms with Gasteiger partial charge >= 0.3 is 0 Å². The van der Waals surface area contributed by atoms with Crippen LogP contribution in [0.2, 0.25) is 0 Å². The summed E-state index contributed by atoms with van der Waals surface area (Å²) in [4.78, 5) is 27.1. The van der Waals surface area contributed by atoms with Gasteiger partial charge < -0.3 is 15.5 Å². The van der Waals surface area contributed by atoms with Gasteiger partial charge in [-0.1, -0.05) is 56.3 Å². The fourth-order valence-corrected chi connectivity index (χ4v) is 3.67. The summed E-state index contributed by atoms with van der Waals surface area (Å²) in [5, 5.41) is 8.79. The average Bonchev–Trinajstić information content (AvgIpc) is 2.87. The summed E-state index contributed by atoms with van der Waals surface area (Å²) in [6, 6.07) is 24.3. The molecular weight excluding hydrogens is 444 g/mol. The van der Waals surface area contributed by atoms with Crippen molar-refractivity contribution in [3.63, 3.8) is 0 Å². The van der Waals surface area contributed by atoms with Gasteiger partial charge in [-0.15, -0.1) is 0 Å². The summed E-state index contributed by atoms with van der Waals surface area (Å²) < 4.78 is 0. The maximum absolute atomic E-state index is 12.5. The van der Waals surface area contributed by atoms with Crippen molar-refractivity contribution in [1.82, 2.24) is 15.5 Å². The number of hydrogen-bond acceptors (Lipinski definition) is 4. The number of amides is 2. The SMILES string of the molecule is CCN(CC)CCNC(=O)c1ccc(NC(=S)NC(=O)c2ccc(-c3ccccc3)cc2)cc1. The Balaban J connectivity index is 1.49. The van der Waals surface area contributed by atoms with Crippen LogP contribution in [0.25, 0.3) is 11.1 Å². The summed E-state index contributed by atoms with van der Waals surface area (Å²) in [5.41, 5.74) is 3.89. The van der Waals surface area contributed by atoms with Gasteiger partial charge in [-0.25, -0.2) is 0 Å². The second kappa shape index (κ2) is 12.6. The van der Waals surface area contributed by atoms with Crippen LogP contribution >= 0.6 is 12.2 Å². The fourth-order valence-electron chi connectivity index (χ4n) is 3.46. The smallest absolute Gasteiger partial charge is 0.257 e. The second-order valence-electron chi connectivity index (χ2n) is 7.71. The minimum absolute atomic E-state index is 0.117. The van der Waals surface area contributed by atoms with Gasteiger partial charge in [0.15, 0.2) is 5.11 Å². The summed E-state index contributed by atoms with van der Waals surface area (Å²) in [6.45, 7) is 7.55. The van der Waals surface area contributed by atoms with Gasteiger partial charge in [0, 0.05) is 29.9 Å². The van der Waals surface area contributed by atoms with Gasteiger partial charge in [0.05, 0.1) is 0 Å². The summed E-state index contributed by atoms with van der Waals surface area (Å²) in [5.74, 6) is -0.408. The Morgan fingerprint density at radius 2 is 1.32 bits per heavy atom. The molecule has 0 spiro atoms. The third-order valence-electron chi connectivity index (χ3n) is 5.49. The molecule has 176 valence electrons. The zero-order valence-electron chi connectivity index (χ0n) is 19.5. The van der Waals surface area contributed by atoms with Crippen molar-refractivity contribution in [3.8, 4) is 11.1 Å². The van der Waals surface area contributed by atoms with Crippen LogP contribution < -0.4 is 16.0 Å². The van der Waals surface area contributed by atoms with Crippen molar-refractivity contribution < 1.29 is 9.59 Å². The van der Waals surface area contributed by atoms with Crippen molar-refractivity contribution in [1.29, 1.82) is 0 Å². The predicted octanol–water partition coefficient (Wildman–Crippen LogP) is 4.55. The van der Waals surface area contributed by atoms with E-state index < -0.39 is 0 Å². The first-order chi connectivity index (χ1) is 16.5. The van der Waals surface area contributed by atoms with E-state index in [1.807, 2.05) is 42.5 Å². The second-order valence-corrected chi connectivity index (χ2v) is 8.12. The molecule has 0 aromatic heterocycles. The third kappa shape index (κ3) is 7.23. The van der Waals surface area contributed by atoms with Crippen LogP contribution in [0.5, 0.6) is 0 Å². The lowest BCUT2D eigenvalue weighted by Gasteiger charge is -2.18. The van der Waals surface area contributed by atoms with Crippen molar-refractivity contribution in [3.05, 3.63) is 90.0 Å². The molecule has 0 bridgehead atoms. The highest BCUT2D eigenvalue weighted by Gasteiger charge is 2.10. The molecule has 0 unspecified atom stereocenters. The standard InChI is InChI=1S/C27H30N4O2S/c1-3-31(4-2)19-18-28-25(32)22-14-16-24(17-15-22)29-27(34)30-26(33)23-12-10-21(11-13-23)20-8-6-5-7-9-20/h5-17H,3-4,18-19H2,1-2H3,(H,28,32)(H2,29,30,33,34). The molecule has 0 aliphatic rings. The summed E-state index contributed by atoms with van der Waals surface area (Å²) >= 11 is 5.28. The van der Waals surface area contributed by atoms with Crippen LogP contribution in [-0.4, -0.2) is 48.0 Å². The molecule has 3 N–H and O–H groups in total. The number of carbonyl (C=O) groups excluding carboxylic acids is 2. The molecule has 3 aromatic carbocycles. The first kappa shape index (κ1) is 25.1. The van der Waals surface area contributed by atoms with Crippen molar-refractivity contribution in [2.45, 2.75) is 13.8 Å². The number of thiocarbonyl (C=S) groups is 1. The van der Waals surface area contributed by atoms with E-state index in [0.717, 1.165) is 30.8 Å². The largest absolute Gasteiger partial charge is 0.351 e. The van der Waals surface area contributed by atoms with Crippen LogP contribution in [0.1, 0.15) is 34.6 Å². The van der Waals surface area contributed by atoms with Crippen LogP contribution in [0.4, 0.5) is 5.69 Å². The van der Waals surface area contributed by atoms with E-state index in [1.54, 1.807) is 36.4 Å². The minimum atomic E-state index is -0.290. The number of nitrogens with zero attached hydrogens (tertiary/aromatic N) is 1. The summed E-state index contributed by atoms with van der Waals surface area (Å²) in [6.07, 6.45) is 0. The lowest BCUT2D eigenvalue weighted by Crippen LogP contribution is -2.35. The Labute approximate surface area is 206 Å². The topological polar surface area (TPSA) is 73.5 Å². The molecule has 0 fully saturated rings. The molecule has 34 heavy (non-hydrogen) atoms. The normalized spacial score (nSPS) is 10.6. The van der Waals surface area contributed by atoms with Gasteiger partial charge in [-0.05, 0) is 72.8 Å². The molecule has 0 aliphatic heterocycles. The molecule has 2 amide bonds. The highest BCUT2D eigenvalue weighted by Crippen LogP contribution is 2.19. The van der Waals surface area contributed by atoms with Crippen molar-refractivity contribution in [2.75, 3.05) is 31.5 Å². The van der Waals surface area contributed by atoms with E-state index in [9.17, 15) is 9.59 Å². The molecular formula is C27H30N4O2S. The number of hydrogen-bond donors (Lipinski definition) is 3. The Morgan fingerprint density at radius 1 is 0.765 bits per heavy atom. The van der Waals surface area contributed by atoms with Gasteiger partial charge in [-0.2, -0.15) is 0 Å². The van der Waals surface area contributed by atoms with E-state index in [0.29, 0.717) is 23.4 Å². The Morgan fingerprint density at radius 3 is 1.94 bits per heavy atom. The molecule has 3 aromatic rings. The van der Waals surface area contributed by atoms with Crippen LogP contribution in [0.15, 0.2) is 78.9 Å². The minimum Gasteiger partial charge on any atom is -0.351 e. The molecule has 3 rings (SSSR count).